The van der Waals surface area contributed by atoms with Crippen molar-refractivity contribution >= 4 is 22.9 Å². The number of halogens is 2. The number of anilines is 1. The molecule has 1 aliphatic rings. The maximum Gasteiger partial charge on any atom is 0.410 e. The van der Waals surface area contributed by atoms with Gasteiger partial charge < -0.3 is 29.5 Å². The third-order valence-corrected chi connectivity index (χ3v) is 7.83. The number of amides is 1. The van der Waals surface area contributed by atoms with Crippen molar-refractivity contribution in [2.24, 2.45) is 0 Å². The van der Waals surface area contributed by atoms with E-state index in [1.165, 1.54) is 18.3 Å². The van der Waals surface area contributed by atoms with Crippen molar-refractivity contribution in [2.75, 3.05) is 37.7 Å². The number of phenolic OH excluding ortho intramolecular Hbond substituents is 1. The van der Waals surface area contributed by atoms with Crippen molar-refractivity contribution in [1.29, 1.82) is 0 Å². The molecule has 0 saturated carbocycles. The van der Waals surface area contributed by atoms with Gasteiger partial charge in [0.15, 0.2) is 11.5 Å². The Morgan fingerprint density at radius 3 is 2.52 bits per heavy atom. The summed E-state index contributed by atoms with van der Waals surface area (Å²) in [5.41, 5.74) is -1.86. The predicted molar refractivity (Wildman–Crippen MR) is 176 cm³/mol. The Morgan fingerprint density at radius 2 is 1.88 bits per heavy atom. The van der Waals surface area contributed by atoms with E-state index in [9.17, 15) is 19.8 Å². The van der Waals surface area contributed by atoms with Gasteiger partial charge in [-0.25, -0.2) is 27.9 Å². The molecule has 0 radical (unpaired) electrons. The molecule has 12 nitrogen and oxygen atoms in total. The molecule has 256 valence electrons. The van der Waals surface area contributed by atoms with Crippen LogP contribution in [0.4, 0.5) is 19.4 Å². The van der Waals surface area contributed by atoms with Crippen LogP contribution in [0.15, 0.2) is 41.3 Å². The van der Waals surface area contributed by atoms with Gasteiger partial charge in [-0.2, -0.15) is 4.98 Å². The molecule has 1 aromatic carbocycles. The molecule has 1 amide bonds. The van der Waals surface area contributed by atoms with Crippen LogP contribution in [0.3, 0.4) is 0 Å². The number of nitrogens with zero attached hydrogens (tertiary/aromatic N) is 6. The molecule has 4 heterocycles. The molecule has 48 heavy (non-hydrogen) atoms. The third kappa shape index (κ3) is 6.89. The van der Waals surface area contributed by atoms with Crippen LogP contribution in [0, 0.1) is 11.6 Å². The Morgan fingerprint density at radius 1 is 1.12 bits per heavy atom. The van der Waals surface area contributed by atoms with Crippen molar-refractivity contribution < 1.29 is 33.3 Å². The lowest BCUT2D eigenvalue weighted by molar-refractivity contribution is 0.0218. The van der Waals surface area contributed by atoms with E-state index in [2.05, 4.69) is 15.0 Å². The number of hydrogen-bond acceptors (Lipinski definition) is 10. The molecule has 1 saturated heterocycles. The second-order valence-corrected chi connectivity index (χ2v) is 13.0. The third-order valence-electron chi connectivity index (χ3n) is 7.83. The molecule has 3 aromatic heterocycles. The summed E-state index contributed by atoms with van der Waals surface area (Å²) in [6.07, 6.45) is 1.37. The summed E-state index contributed by atoms with van der Waals surface area (Å²) in [5, 5.41) is 20.1. The highest BCUT2D eigenvalue weighted by molar-refractivity contribution is 5.91. The number of aromatic nitrogens is 4. The Bertz CT molecular complexity index is 1870. The smallest absolute Gasteiger partial charge is 0.410 e. The first-order chi connectivity index (χ1) is 22.7. The number of ether oxygens (including phenoxy) is 2. The lowest BCUT2D eigenvalue weighted by Gasteiger charge is -2.41. The molecule has 14 heteroatoms. The summed E-state index contributed by atoms with van der Waals surface area (Å²) >= 11 is 0. The number of carbonyl (C=O) groups is 1. The zero-order valence-corrected chi connectivity index (χ0v) is 27.8. The molecule has 5 rings (SSSR count). The van der Waals surface area contributed by atoms with E-state index in [4.69, 9.17) is 9.47 Å². The summed E-state index contributed by atoms with van der Waals surface area (Å²) in [6, 6.07) is 5.87. The van der Waals surface area contributed by atoms with Crippen molar-refractivity contribution in [3.8, 4) is 28.4 Å². The van der Waals surface area contributed by atoms with Gasteiger partial charge in [-0.15, -0.1) is 0 Å². The number of aliphatic hydroxyl groups excluding tert-OH is 1. The number of piperazine rings is 1. The monoisotopic (exact) mass is 666 g/mol. The van der Waals surface area contributed by atoms with Gasteiger partial charge in [0.1, 0.15) is 40.1 Å². The molecule has 0 aliphatic carbocycles. The van der Waals surface area contributed by atoms with Crippen LogP contribution in [-0.2, 0) is 4.74 Å². The largest absolute Gasteiger partial charge is 0.507 e. The van der Waals surface area contributed by atoms with E-state index in [0.29, 0.717) is 12.1 Å². The van der Waals surface area contributed by atoms with E-state index in [-0.39, 0.29) is 73.1 Å². The zero-order chi connectivity index (χ0) is 34.9. The predicted octanol–water partition coefficient (Wildman–Crippen LogP) is 5.16. The van der Waals surface area contributed by atoms with Crippen LogP contribution in [0.2, 0.25) is 0 Å². The molecule has 1 aliphatic heterocycles. The van der Waals surface area contributed by atoms with Crippen LogP contribution in [-0.4, -0.2) is 85.2 Å². The van der Waals surface area contributed by atoms with Gasteiger partial charge in [0.05, 0.1) is 23.3 Å². The fourth-order valence-corrected chi connectivity index (χ4v) is 5.68. The van der Waals surface area contributed by atoms with Gasteiger partial charge in [-0.3, -0.25) is 4.98 Å². The lowest BCUT2D eigenvalue weighted by Crippen LogP contribution is -2.55. The van der Waals surface area contributed by atoms with Crippen molar-refractivity contribution in [3.05, 3.63) is 64.3 Å². The standard InChI is InChI=1S/C34H40F2N6O6/c1-19(2)27-29(25(11-12-37-27)47-16-8-15-43)42-31-21(17-23(36)28(38-31)26-22(35)9-7-10-24(26)44)30(39-32(42)45)41-14-13-40(18-20(41)3)33(46)48-34(4,5)6/h7,9-12,17,19-20,43-44H,8,13-16,18H2,1-6H3/t20-/m0/s1. The average molecular weight is 667 g/mol. The first-order valence-electron chi connectivity index (χ1n) is 15.8. The van der Waals surface area contributed by atoms with Crippen LogP contribution in [0.25, 0.3) is 28.0 Å². The van der Waals surface area contributed by atoms with Gasteiger partial charge >= 0.3 is 11.8 Å². The summed E-state index contributed by atoms with van der Waals surface area (Å²) in [5.74, 6) is -2.25. The van der Waals surface area contributed by atoms with E-state index < -0.39 is 46.0 Å². The first-order valence-corrected chi connectivity index (χ1v) is 15.8. The molecule has 0 spiro atoms. The minimum Gasteiger partial charge on any atom is -0.507 e. The number of aliphatic hydroxyl groups is 1. The Kier molecular flexibility index (Phi) is 9.85. The molecular formula is C34H40F2N6O6. The SMILES string of the molecule is CC(C)c1nccc(OCCCO)c1-n1c(=O)nc(N2CCN(C(=O)OC(C)(C)C)C[C@@H]2C)c2cc(F)c(-c3c(O)cccc3F)nc21. The maximum atomic E-state index is 16.1. The van der Waals surface area contributed by atoms with Crippen LogP contribution in [0.5, 0.6) is 11.5 Å². The van der Waals surface area contributed by atoms with Crippen molar-refractivity contribution in [2.45, 2.75) is 65.5 Å². The van der Waals surface area contributed by atoms with Crippen LogP contribution >= 0.6 is 0 Å². The summed E-state index contributed by atoms with van der Waals surface area (Å²) in [7, 11) is 0. The molecular weight excluding hydrogens is 626 g/mol. The number of carbonyl (C=O) groups excluding carboxylic acids is 1. The number of pyridine rings is 2. The van der Waals surface area contributed by atoms with E-state index in [1.807, 2.05) is 20.8 Å². The number of benzene rings is 1. The fraction of sp³-hybridized carbons (Fsp3) is 0.441. The number of hydrogen-bond donors (Lipinski definition) is 2. The lowest BCUT2D eigenvalue weighted by atomic mass is 10.1. The molecule has 2 N–H and O–H groups in total. The Labute approximate surface area is 276 Å². The molecule has 0 bridgehead atoms. The second kappa shape index (κ2) is 13.7. The van der Waals surface area contributed by atoms with E-state index in [0.717, 1.165) is 16.7 Å². The van der Waals surface area contributed by atoms with Crippen LogP contribution in [0.1, 0.15) is 59.6 Å². The molecule has 0 unspecified atom stereocenters. The minimum absolute atomic E-state index is 0.0762. The number of rotatable bonds is 8. The highest BCUT2D eigenvalue weighted by Gasteiger charge is 2.33. The summed E-state index contributed by atoms with van der Waals surface area (Å²) in [6.45, 7) is 11.7. The first kappa shape index (κ1) is 34.5. The van der Waals surface area contributed by atoms with Gasteiger partial charge in [-0.1, -0.05) is 19.9 Å². The van der Waals surface area contributed by atoms with Crippen LogP contribution < -0.4 is 15.3 Å². The van der Waals surface area contributed by atoms with Gasteiger partial charge in [0.2, 0.25) is 0 Å². The fourth-order valence-electron chi connectivity index (χ4n) is 5.68. The number of phenols is 1. The van der Waals surface area contributed by atoms with Crippen molar-refractivity contribution in [1.82, 2.24) is 24.4 Å². The Balaban J connectivity index is 1.76. The normalized spacial score (nSPS) is 15.3. The highest BCUT2D eigenvalue weighted by atomic mass is 19.1. The summed E-state index contributed by atoms with van der Waals surface area (Å²) < 4.78 is 43.9. The molecule has 4 aromatic rings. The Hall–Kier alpha value is -4.85. The molecule has 1 fully saturated rings. The zero-order valence-electron chi connectivity index (χ0n) is 27.8. The minimum atomic E-state index is -0.953. The van der Waals surface area contributed by atoms with Gasteiger partial charge in [-0.05, 0) is 51.8 Å². The number of aromatic hydroxyl groups is 1. The van der Waals surface area contributed by atoms with Crippen molar-refractivity contribution in [3.63, 3.8) is 0 Å². The van der Waals surface area contributed by atoms with E-state index in [1.54, 1.807) is 36.6 Å². The second-order valence-electron chi connectivity index (χ2n) is 13.0. The highest BCUT2D eigenvalue weighted by Crippen LogP contribution is 2.38. The van der Waals surface area contributed by atoms with Gasteiger partial charge in [0.25, 0.3) is 0 Å². The average Bonchev–Trinajstić information content (AvgIpc) is 3.00. The quantitative estimate of drug-likeness (QED) is 0.242. The molecule has 1 atom stereocenters. The topological polar surface area (TPSA) is 143 Å². The maximum absolute atomic E-state index is 16.1. The van der Waals surface area contributed by atoms with Gasteiger partial charge in [0, 0.05) is 51.0 Å². The summed E-state index contributed by atoms with van der Waals surface area (Å²) in [4.78, 5) is 43.9. The van der Waals surface area contributed by atoms with E-state index >= 15 is 8.78 Å². The number of fused-ring (bicyclic) bond motifs is 1.